The Balaban J connectivity index is 1.46. The van der Waals surface area contributed by atoms with Crippen molar-refractivity contribution in [2.45, 2.75) is 83.2 Å². The third-order valence-corrected chi connectivity index (χ3v) is 8.60. The Labute approximate surface area is 230 Å². The molecule has 1 saturated heterocycles. The van der Waals surface area contributed by atoms with E-state index in [-0.39, 0.29) is 12.0 Å². The molecule has 6 nitrogen and oxygen atoms in total. The first-order valence-corrected chi connectivity index (χ1v) is 14.2. The first-order chi connectivity index (χ1) is 18.1. The van der Waals surface area contributed by atoms with Crippen LogP contribution in [0.1, 0.15) is 82.4 Å². The van der Waals surface area contributed by atoms with E-state index in [9.17, 15) is 14.9 Å². The van der Waals surface area contributed by atoms with Gasteiger partial charge in [0.2, 0.25) is 5.91 Å². The van der Waals surface area contributed by atoms with Crippen molar-refractivity contribution in [3.63, 3.8) is 0 Å². The average Bonchev–Trinajstić information content (AvgIpc) is 3.11. The van der Waals surface area contributed by atoms with Crippen molar-refractivity contribution in [1.82, 2.24) is 4.90 Å². The van der Waals surface area contributed by atoms with Crippen molar-refractivity contribution in [2.75, 3.05) is 18.0 Å². The van der Waals surface area contributed by atoms with Crippen LogP contribution in [0.15, 0.2) is 36.4 Å². The summed E-state index contributed by atoms with van der Waals surface area (Å²) in [5, 5.41) is 10.2. The normalized spacial score (nSPS) is 19.4. The van der Waals surface area contributed by atoms with E-state index in [4.69, 9.17) is 16.3 Å². The maximum absolute atomic E-state index is 14.3. The van der Waals surface area contributed by atoms with Crippen LogP contribution in [0, 0.1) is 17.2 Å². The summed E-state index contributed by atoms with van der Waals surface area (Å²) in [6, 6.07) is 13.8. The van der Waals surface area contributed by atoms with Gasteiger partial charge in [-0.25, -0.2) is 4.79 Å². The van der Waals surface area contributed by atoms with E-state index in [1.807, 2.05) is 43.9 Å². The number of halogens is 1. The van der Waals surface area contributed by atoms with Crippen molar-refractivity contribution in [2.24, 2.45) is 5.92 Å². The highest BCUT2D eigenvalue weighted by atomic mass is 35.5. The number of fused-ring (bicyclic) bond motifs is 2. The van der Waals surface area contributed by atoms with Crippen LogP contribution in [0.2, 0.25) is 5.02 Å². The summed E-state index contributed by atoms with van der Waals surface area (Å²) in [6.45, 7) is 7.03. The molecule has 0 bridgehead atoms. The highest BCUT2D eigenvalue weighted by Gasteiger charge is 2.53. The van der Waals surface area contributed by atoms with Crippen molar-refractivity contribution < 1.29 is 14.3 Å². The van der Waals surface area contributed by atoms with Crippen LogP contribution in [0.4, 0.5) is 16.2 Å². The zero-order valence-electron chi connectivity index (χ0n) is 22.6. The van der Waals surface area contributed by atoms with E-state index in [2.05, 4.69) is 12.1 Å². The molecular formula is C31H36ClN3O3. The van der Waals surface area contributed by atoms with E-state index in [1.165, 1.54) is 5.56 Å². The molecule has 2 amide bonds. The summed E-state index contributed by atoms with van der Waals surface area (Å²) in [5.74, 6) is 0.490. The number of rotatable bonds is 3. The van der Waals surface area contributed by atoms with Gasteiger partial charge < -0.3 is 9.64 Å². The molecule has 200 valence electrons. The zero-order chi connectivity index (χ0) is 27.1. The van der Waals surface area contributed by atoms with Gasteiger partial charge in [0, 0.05) is 13.1 Å². The Morgan fingerprint density at radius 1 is 1.08 bits per heavy atom. The number of carbonyl (C=O) groups is 2. The summed E-state index contributed by atoms with van der Waals surface area (Å²) < 4.78 is 5.57. The lowest BCUT2D eigenvalue weighted by Gasteiger charge is -2.35. The predicted molar refractivity (Wildman–Crippen MR) is 149 cm³/mol. The molecule has 1 spiro atoms. The second-order valence-electron chi connectivity index (χ2n) is 12.0. The maximum Gasteiger partial charge on any atom is 0.410 e. The number of likely N-dealkylation sites (tertiary alicyclic amines) is 1. The van der Waals surface area contributed by atoms with Gasteiger partial charge in [-0.2, -0.15) is 5.26 Å². The van der Waals surface area contributed by atoms with E-state index in [0.29, 0.717) is 35.3 Å². The third kappa shape index (κ3) is 4.78. The van der Waals surface area contributed by atoms with Gasteiger partial charge in [0.1, 0.15) is 11.7 Å². The summed E-state index contributed by atoms with van der Waals surface area (Å²) in [7, 11) is 0. The Morgan fingerprint density at radius 3 is 2.39 bits per heavy atom. The Morgan fingerprint density at radius 2 is 1.74 bits per heavy atom. The van der Waals surface area contributed by atoms with Crippen LogP contribution >= 0.6 is 11.6 Å². The number of ether oxygens (including phenoxy) is 1. The third-order valence-electron chi connectivity index (χ3n) is 8.29. The summed E-state index contributed by atoms with van der Waals surface area (Å²) in [6.07, 6.45) is 7.25. The number of piperidine rings is 1. The fraction of sp³-hybridized carbons (Fsp3) is 0.516. The molecule has 2 fully saturated rings. The number of nitriles is 1. The molecule has 7 heteroatoms. The quantitative estimate of drug-likeness (QED) is 0.415. The number of carbonyl (C=O) groups excluding carboxylic acids is 2. The van der Waals surface area contributed by atoms with Crippen LogP contribution in [-0.2, 0) is 21.4 Å². The van der Waals surface area contributed by atoms with Crippen LogP contribution in [0.5, 0.6) is 0 Å². The second-order valence-corrected chi connectivity index (χ2v) is 12.4. The minimum atomic E-state index is -0.559. The van der Waals surface area contributed by atoms with Gasteiger partial charge in [-0.05, 0) is 88.1 Å². The van der Waals surface area contributed by atoms with E-state index in [1.54, 1.807) is 17.0 Å². The lowest BCUT2D eigenvalue weighted by Crippen LogP contribution is -2.42. The van der Waals surface area contributed by atoms with Crippen molar-refractivity contribution in [3.05, 3.63) is 58.1 Å². The number of nitrogens with zero attached hydrogens (tertiary/aromatic N) is 3. The lowest BCUT2D eigenvalue weighted by molar-refractivity contribution is -0.123. The Hall–Kier alpha value is -3.04. The monoisotopic (exact) mass is 533 g/mol. The predicted octanol–water partition coefficient (Wildman–Crippen LogP) is 7.28. The SMILES string of the molecule is CC(C)(C)OC(=O)N1CCC(Cc2cccc3c2C2(CCCCC2)C(=O)N3c2cccc(Cl)c2C#N)CC1. The van der Waals surface area contributed by atoms with Gasteiger partial charge in [-0.15, -0.1) is 0 Å². The number of amides is 2. The molecule has 0 atom stereocenters. The van der Waals surface area contributed by atoms with Crippen LogP contribution in [0.25, 0.3) is 0 Å². The first-order valence-electron chi connectivity index (χ1n) is 13.8. The van der Waals surface area contributed by atoms with Gasteiger partial charge in [-0.3, -0.25) is 9.69 Å². The molecule has 2 aromatic carbocycles. The standard InChI is InChI=1S/C31H36ClN3O3/c1-30(2,3)38-29(37)34-17-13-21(14-18-34)19-22-9-7-12-26-27(22)31(15-5-4-6-16-31)28(36)35(26)25-11-8-10-24(32)23(25)20-33/h7-12,21H,4-6,13-19H2,1-3H3. The van der Waals surface area contributed by atoms with Gasteiger partial charge in [0.25, 0.3) is 0 Å². The number of benzene rings is 2. The van der Waals surface area contributed by atoms with Crippen LogP contribution in [-0.4, -0.2) is 35.6 Å². The maximum atomic E-state index is 14.3. The number of anilines is 2. The molecule has 5 rings (SSSR count). The molecule has 2 heterocycles. The molecule has 0 unspecified atom stereocenters. The number of hydrogen-bond donors (Lipinski definition) is 0. The van der Waals surface area contributed by atoms with Gasteiger partial charge in [0.05, 0.1) is 27.4 Å². The topological polar surface area (TPSA) is 73.6 Å². The van der Waals surface area contributed by atoms with Crippen molar-refractivity contribution >= 4 is 35.0 Å². The van der Waals surface area contributed by atoms with E-state index in [0.717, 1.165) is 62.6 Å². The van der Waals surface area contributed by atoms with Crippen molar-refractivity contribution in [1.29, 1.82) is 5.26 Å². The minimum Gasteiger partial charge on any atom is -0.444 e. The molecule has 3 aliphatic rings. The molecule has 2 aliphatic heterocycles. The van der Waals surface area contributed by atoms with E-state index < -0.39 is 11.0 Å². The van der Waals surface area contributed by atoms with Crippen LogP contribution in [0.3, 0.4) is 0 Å². The smallest absolute Gasteiger partial charge is 0.410 e. The number of hydrogen-bond acceptors (Lipinski definition) is 4. The molecule has 38 heavy (non-hydrogen) atoms. The van der Waals surface area contributed by atoms with Gasteiger partial charge >= 0.3 is 6.09 Å². The average molecular weight is 534 g/mol. The minimum absolute atomic E-state index is 0.0677. The summed E-state index contributed by atoms with van der Waals surface area (Å²) in [5.41, 5.74) is 3.09. The Bertz CT molecular complexity index is 1280. The van der Waals surface area contributed by atoms with Gasteiger partial charge in [0.15, 0.2) is 0 Å². The molecule has 1 saturated carbocycles. The lowest BCUT2D eigenvalue weighted by atomic mass is 9.68. The first kappa shape index (κ1) is 26.6. The molecule has 0 aromatic heterocycles. The highest BCUT2D eigenvalue weighted by molar-refractivity contribution is 6.32. The largest absolute Gasteiger partial charge is 0.444 e. The molecule has 0 N–H and O–H groups in total. The molecule has 2 aromatic rings. The van der Waals surface area contributed by atoms with E-state index >= 15 is 0 Å². The van der Waals surface area contributed by atoms with Gasteiger partial charge in [-0.1, -0.05) is 49.1 Å². The summed E-state index contributed by atoms with van der Waals surface area (Å²) >= 11 is 6.39. The molecular weight excluding hydrogens is 498 g/mol. The highest BCUT2D eigenvalue weighted by Crippen LogP contribution is 2.54. The second kappa shape index (κ2) is 10.3. The zero-order valence-corrected chi connectivity index (χ0v) is 23.3. The fourth-order valence-electron chi connectivity index (χ4n) is 6.55. The molecule has 0 radical (unpaired) electrons. The summed E-state index contributed by atoms with van der Waals surface area (Å²) in [4.78, 5) is 30.4. The fourth-order valence-corrected chi connectivity index (χ4v) is 6.76. The Kier molecular flexibility index (Phi) is 7.17. The van der Waals surface area contributed by atoms with Crippen LogP contribution < -0.4 is 4.90 Å². The van der Waals surface area contributed by atoms with Crippen molar-refractivity contribution in [3.8, 4) is 6.07 Å². The molecule has 1 aliphatic carbocycles.